The second-order valence-electron chi connectivity index (χ2n) is 7.46. The standard InChI is InChI=1S/C21H22N2O3/c1-12-8-9-13(2)16(10-12)22-19(24)18-15-11-21(3,23-20(18)25)26-17-7-5-4-6-14(15)17/h4-10,15,18H,11H2,1-3H3,(H,22,24)(H,23,25)/t15-,18+,21-/m0/s1. The van der Waals surface area contributed by atoms with E-state index in [0.29, 0.717) is 6.42 Å². The second kappa shape index (κ2) is 5.87. The summed E-state index contributed by atoms with van der Waals surface area (Å²) in [6, 6.07) is 13.5. The third-order valence-corrected chi connectivity index (χ3v) is 5.27. The first-order chi connectivity index (χ1) is 12.4. The van der Waals surface area contributed by atoms with Crippen LogP contribution in [-0.4, -0.2) is 17.5 Å². The van der Waals surface area contributed by atoms with Crippen molar-refractivity contribution < 1.29 is 14.3 Å². The molecule has 2 aromatic rings. The molecule has 26 heavy (non-hydrogen) atoms. The van der Waals surface area contributed by atoms with E-state index in [0.717, 1.165) is 28.1 Å². The summed E-state index contributed by atoms with van der Waals surface area (Å²) in [6.07, 6.45) is 0.570. The average molecular weight is 350 g/mol. The van der Waals surface area contributed by atoms with Gasteiger partial charge in [-0.2, -0.15) is 0 Å². The summed E-state index contributed by atoms with van der Waals surface area (Å²) in [4.78, 5) is 25.8. The normalized spacial score (nSPS) is 26.3. The summed E-state index contributed by atoms with van der Waals surface area (Å²) in [6.45, 7) is 5.77. The van der Waals surface area contributed by atoms with Crippen LogP contribution in [0.25, 0.3) is 0 Å². The number of piperidine rings is 1. The van der Waals surface area contributed by atoms with Crippen LogP contribution in [0.3, 0.4) is 0 Å². The predicted octanol–water partition coefficient (Wildman–Crippen LogP) is 3.27. The number of fused-ring (bicyclic) bond motifs is 4. The van der Waals surface area contributed by atoms with Crippen LogP contribution in [0.2, 0.25) is 0 Å². The van der Waals surface area contributed by atoms with Crippen LogP contribution in [0, 0.1) is 19.8 Å². The third-order valence-electron chi connectivity index (χ3n) is 5.27. The van der Waals surface area contributed by atoms with E-state index in [1.54, 1.807) is 0 Å². The number of hydrogen-bond acceptors (Lipinski definition) is 3. The third kappa shape index (κ3) is 2.73. The van der Waals surface area contributed by atoms with Gasteiger partial charge in [0.05, 0.1) is 0 Å². The molecule has 0 saturated carbocycles. The molecule has 2 aliphatic rings. The van der Waals surface area contributed by atoms with Gasteiger partial charge in [-0.05, 0) is 49.6 Å². The van der Waals surface area contributed by atoms with Crippen LogP contribution < -0.4 is 15.4 Å². The molecule has 5 heteroatoms. The van der Waals surface area contributed by atoms with Crippen LogP contribution in [0.5, 0.6) is 5.75 Å². The zero-order chi connectivity index (χ0) is 18.5. The summed E-state index contributed by atoms with van der Waals surface area (Å²) < 4.78 is 5.98. The summed E-state index contributed by atoms with van der Waals surface area (Å²) in [7, 11) is 0. The minimum Gasteiger partial charge on any atom is -0.468 e. The largest absolute Gasteiger partial charge is 0.468 e. The molecule has 5 nitrogen and oxygen atoms in total. The molecule has 0 aromatic heterocycles. The zero-order valence-corrected chi connectivity index (χ0v) is 15.1. The van der Waals surface area contributed by atoms with Gasteiger partial charge >= 0.3 is 0 Å². The van der Waals surface area contributed by atoms with Crippen molar-refractivity contribution in [3.8, 4) is 5.75 Å². The number of anilines is 1. The molecule has 2 amide bonds. The van der Waals surface area contributed by atoms with Gasteiger partial charge in [0.1, 0.15) is 11.7 Å². The Morgan fingerprint density at radius 1 is 1.23 bits per heavy atom. The summed E-state index contributed by atoms with van der Waals surface area (Å²) >= 11 is 0. The maximum absolute atomic E-state index is 13.0. The fraction of sp³-hybridized carbons (Fsp3) is 0.333. The van der Waals surface area contributed by atoms with Gasteiger partial charge < -0.3 is 15.4 Å². The van der Waals surface area contributed by atoms with Crippen LogP contribution >= 0.6 is 0 Å². The minimum atomic E-state index is -0.784. The van der Waals surface area contributed by atoms with Crippen LogP contribution in [-0.2, 0) is 9.59 Å². The molecular formula is C21H22N2O3. The van der Waals surface area contributed by atoms with E-state index >= 15 is 0 Å². The Hall–Kier alpha value is -2.82. The molecular weight excluding hydrogens is 328 g/mol. The number of ether oxygens (including phenoxy) is 1. The molecule has 2 aliphatic heterocycles. The van der Waals surface area contributed by atoms with Crippen molar-refractivity contribution in [2.24, 2.45) is 5.92 Å². The van der Waals surface area contributed by atoms with Crippen molar-refractivity contribution in [2.75, 3.05) is 5.32 Å². The monoisotopic (exact) mass is 350 g/mol. The lowest BCUT2D eigenvalue weighted by Gasteiger charge is -2.46. The highest BCUT2D eigenvalue weighted by molar-refractivity contribution is 6.08. The van der Waals surface area contributed by atoms with E-state index < -0.39 is 11.6 Å². The van der Waals surface area contributed by atoms with Gasteiger partial charge in [-0.1, -0.05) is 30.3 Å². The van der Waals surface area contributed by atoms with Gasteiger partial charge in [-0.15, -0.1) is 0 Å². The first-order valence-corrected chi connectivity index (χ1v) is 8.84. The molecule has 134 valence electrons. The Morgan fingerprint density at radius 2 is 2.00 bits per heavy atom. The fourth-order valence-electron chi connectivity index (χ4n) is 3.97. The molecule has 3 atom stereocenters. The van der Waals surface area contributed by atoms with Gasteiger partial charge in [0.2, 0.25) is 11.8 Å². The number of hydrogen-bond donors (Lipinski definition) is 2. The maximum Gasteiger partial charge on any atom is 0.237 e. The average Bonchev–Trinajstić information content (AvgIpc) is 2.57. The van der Waals surface area contributed by atoms with Crippen LogP contribution in [0.1, 0.15) is 36.0 Å². The minimum absolute atomic E-state index is 0.205. The molecule has 1 fully saturated rings. The van der Waals surface area contributed by atoms with Gasteiger partial charge in [0.15, 0.2) is 5.72 Å². The predicted molar refractivity (Wildman–Crippen MR) is 99.0 cm³/mol. The number of rotatable bonds is 2. The topological polar surface area (TPSA) is 67.4 Å². The van der Waals surface area contributed by atoms with E-state index in [1.807, 2.05) is 63.2 Å². The first-order valence-electron chi connectivity index (χ1n) is 8.84. The zero-order valence-electron chi connectivity index (χ0n) is 15.1. The molecule has 4 rings (SSSR count). The molecule has 2 N–H and O–H groups in total. The Balaban J connectivity index is 1.69. The van der Waals surface area contributed by atoms with Crippen LogP contribution in [0.15, 0.2) is 42.5 Å². The first kappa shape index (κ1) is 16.6. The summed E-state index contributed by atoms with van der Waals surface area (Å²) in [5, 5.41) is 5.84. The molecule has 0 spiro atoms. The Morgan fingerprint density at radius 3 is 2.81 bits per heavy atom. The number of carbonyl (C=O) groups excluding carboxylic acids is 2. The molecule has 2 heterocycles. The molecule has 2 bridgehead atoms. The van der Waals surface area contributed by atoms with Crippen molar-refractivity contribution in [3.05, 3.63) is 59.2 Å². The lowest BCUT2D eigenvalue weighted by atomic mass is 9.74. The number of carbonyl (C=O) groups is 2. The van der Waals surface area contributed by atoms with E-state index in [1.165, 1.54) is 0 Å². The summed E-state index contributed by atoms with van der Waals surface area (Å²) in [5.41, 5.74) is 2.92. The van der Waals surface area contributed by atoms with Crippen LogP contribution in [0.4, 0.5) is 5.69 Å². The van der Waals surface area contributed by atoms with Crippen molar-refractivity contribution in [1.82, 2.24) is 5.32 Å². The lowest BCUT2D eigenvalue weighted by molar-refractivity contribution is -0.145. The Labute approximate surface area is 152 Å². The Kier molecular flexibility index (Phi) is 3.75. The van der Waals surface area contributed by atoms with Gasteiger partial charge in [-0.3, -0.25) is 9.59 Å². The number of para-hydroxylation sites is 1. The smallest absolute Gasteiger partial charge is 0.237 e. The van der Waals surface area contributed by atoms with E-state index in [-0.39, 0.29) is 17.7 Å². The van der Waals surface area contributed by atoms with Gasteiger partial charge in [-0.25, -0.2) is 0 Å². The van der Waals surface area contributed by atoms with Gasteiger partial charge in [0, 0.05) is 18.0 Å². The number of benzene rings is 2. The van der Waals surface area contributed by atoms with Gasteiger partial charge in [0.25, 0.3) is 0 Å². The number of nitrogens with one attached hydrogen (secondary N) is 2. The SMILES string of the molecule is Cc1ccc(C)c(NC(=O)[C@@H]2C(=O)N[C@]3(C)C[C@H]2c2ccccc2O3)c1. The number of aryl methyl sites for hydroxylation is 2. The highest BCUT2D eigenvalue weighted by Crippen LogP contribution is 2.46. The van der Waals surface area contributed by atoms with E-state index in [9.17, 15) is 9.59 Å². The van der Waals surface area contributed by atoms with Crippen molar-refractivity contribution in [1.29, 1.82) is 0 Å². The molecule has 0 unspecified atom stereocenters. The van der Waals surface area contributed by atoms with Crippen molar-refractivity contribution in [3.63, 3.8) is 0 Å². The highest BCUT2D eigenvalue weighted by atomic mass is 16.5. The lowest BCUT2D eigenvalue weighted by Crippen LogP contribution is -2.62. The van der Waals surface area contributed by atoms with E-state index in [4.69, 9.17) is 4.74 Å². The van der Waals surface area contributed by atoms with Crippen molar-refractivity contribution in [2.45, 2.75) is 38.8 Å². The highest BCUT2D eigenvalue weighted by Gasteiger charge is 2.51. The second-order valence-corrected chi connectivity index (χ2v) is 7.46. The quantitative estimate of drug-likeness (QED) is 0.817. The molecule has 0 aliphatic carbocycles. The fourth-order valence-corrected chi connectivity index (χ4v) is 3.97. The van der Waals surface area contributed by atoms with E-state index in [2.05, 4.69) is 10.6 Å². The maximum atomic E-state index is 13.0. The molecule has 0 radical (unpaired) electrons. The van der Waals surface area contributed by atoms with Crippen molar-refractivity contribution >= 4 is 17.5 Å². The Bertz CT molecular complexity index is 908. The molecule has 2 aromatic carbocycles. The summed E-state index contributed by atoms with van der Waals surface area (Å²) in [5.74, 6) is -0.825. The number of amides is 2. The molecule has 1 saturated heterocycles.